The summed E-state index contributed by atoms with van der Waals surface area (Å²) in [4.78, 5) is 19.9. The summed E-state index contributed by atoms with van der Waals surface area (Å²) in [7, 11) is 0. The highest BCUT2D eigenvalue weighted by atomic mass is 32.1. The quantitative estimate of drug-likeness (QED) is 0.428. The van der Waals surface area contributed by atoms with Crippen molar-refractivity contribution in [2.24, 2.45) is 0 Å². The number of carbonyl (C=O) groups is 1. The summed E-state index contributed by atoms with van der Waals surface area (Å²) in [6.45, 7) is 3.76. The van der Waals surface area contributed by atoms with Crippen LogP contribution in [0.3, 0.4) is 0 Å². The number of benzene rings is 1. The maximum absolute atomic E-state index is 13.2. The topological polar surface area (TPSA) is 73.1 Å². The van der Waals surface area contributed by atoms with Crippen LogP contribution in [0.2, 0.25) is 0 Å². The number of thiazole rings is 1. The summed E-state index contributed by atoms with van der Waals surface area (Å²) in [5.41, 5.74) is 1.03. The predicted molar refractivity (Wildman–Crippen MR) is 127 cm³/mol. The standard InChI is InChI=1S/C23H25N5O2S2/c1-14-24-21-18(32-14)12-17(15-8-11-31-22(15)21)30-13-20(29)27-10-5-6-16(27)23-26-25-19-7-3-2-4-9-28(19)23/h8,11-12,16H,2-7,9-10,13H2,1H3. The fourth-order valence-electron chi connectivity index (χ4n) is 5.02. The molecule has 0 spiro atoms. The minimum absolute atomic E-state index is 0.00163. The Morgan fingerprint density at radius 2 is 2.16 bits per heavy atom. The van der Waals surface area contributed by atoms with Crippen LogP contribution in [0.5, 0.6) is 5.75 Å². The second-order valence-electron chi connectivity index (χ2n) is 8.59. The number of thiophene rings is 1. The van der Waals surface area contributed by atoms with Gasteiger partial charge < -0.3 is 14.2 Å². The van der Waals surface area contributed by atoms with Crippen LogP contribution in [0.15, 0.2) is 17.5 Å². The molecule has 32 heavy (non-hydrogen) atoms. The van der Waals surface area contributed by atoms with Crippen molar-refractivity contribution >= 4 is 48.9 Å². The number of nitrogens with zero attached hydrogens (tertiary/aromatic N) is 5. The van der Waals surface area contributed by atoms with E-state index in [-0.39, 0.29) is 18.6 Å². The van der Waals surface area contributed by atoms with Gasteiger partial charge in [0, 0.05) is 31.0 Å². The molecule has 6 rings (SSSR count). The molecule has 3 aromatic heterocycles. The van der Waals surface area contributed by atoms with E-state index in [4.69, 9.17) is 4.74 Å². The number of likely N-dealkylation sites (tertiary alicyclic amines) is 1. The molecule has 0 saturated carbocycles. The lowest BCUT2D eigenvalue weighted by atomic mass is 10.2. The van der Waals surface area contributed by atoms with Crippen molar-refractivity contribution in [1.82, 2.24) is 24.6 Å². The van der Waals surface area contributed by atoms with E-state index in [1.165, 1.54) is 12.8 Å². The lowest BCUT2D eigenvalue weighted by Gasteiger charge is -2.24. The molecular weight excluding hydrogens is 442 g/mol. The Morgan fingerprint density at radius 1 is 1.22 bits per heavy atom. The van der Waals surface area contributed by atoms with Crippen molar-refractivity contribution in [1.29, 1.82) is 0 Å². The zero-order valence-corrected chi connectivity index (χ0v) is 19.7. The first kappa shape index (κ1) is 20.1. The number of hydrogen-bond acceptors (Lipinski definition) is 7. The van der Waals surface area contributed by atoms with E-state index in [1.807, 2.05) is 17.9 Å². The summed E-state index contributed by atoms with van der Waals surface area (Å²) >= 11 is 3.33. The molecule has 1 aromatic carbocycles. The fraction of sp³-hybridized carbons (Fsp3) is 0.478. The van der Waals surface area contributed by atoms with Gasteiger partial charge in [0.05, 0.1) is 26.0 Å². The number of hydrogen-bond donors (Lipinski definition) is 0. The minimum Gasteiger partial charge on any atom is -0.483 e. The SMILES string of the molecule is Cc1nc2c(cc(OCC(=O)N3CCCC3c3nnc4n3CCCCC4)c3ccsc32)s1. The van der Waals surface area contributed by atoms with Crippen molar-refractivity contribution in [3.05, 3.63) is 34.2 Å². The lowest BCUT2D eigenvalue weighted by Crippen LogP contribution is -2.35. The molecule has 0 radical (unpaired) electrons. The number of aromatic nitrogens is 4. The van der Waals surface area contributed by atoms with Crippen molar-refractivity contribution < 1.29 is 9.53 Å². The van der Waals surface area contributed by atoms with Gasteiger partial charge in [0.1, 0.15) is 11.6 Å². The second-order valence-corrected chi connectivity index (χ2v) is 10.7. The molecular formula is C23H25N5O2S2. The lowest BCUT2D eigenvalue weighted by molar-refractivity contribution is -0.134. The average Bonchev–Trinajstić information content (AvgIpc) is 3.55. The van der Waals surface area contributed by atoms with Crippen molar-refractivity contribution in [2.45, 2.75) is 58.0 Å². The zero-order chi connectivity index (χ0) is 21.7. The molecule has 1 fully saturated rings. The largest absolute Gasteiger partial charge is 0.483 e. The number of rotatable bonds is 4. The van der Waals surface area contributed by atoms with Crippen LogP contribution in [-0.4, -0.2) is 43.7 Å². The van der Waals surface area contributed by atoms with Gasteiger partial charge in [0.2, 0.25) is 0 Å². The molecule has 7 nitrogen and oxygen atoms in total. The molecule has 0 N–H and O–H groups in total. The Morgan fingerprint density at radius 3 is 3.09 bits per heavy atom. The van der Waals surface area contributed by atoms with Gasteiger partial charge in [-0.1, -0.05) is 6.42 Å². The van der Waals surface area contributed by atoms with Gasteiger partial charge in [-0.2, -0.15) is 0 Å². The number of ether oxygens (including phenoxy) is 1. The smallest absolute Gasteiger partial charge is 0.261 e. The summed E-state index contributed by atoms with van der Waals surface area (Å²) < 4.78 is 10.6. The monoisotopic (exact) mass is 467 g/mol. The molecule has 4 aromatic rings. The molecule has 2 aliphatic rings. The molecule has 5 heterocycles. The normalized spacial score (nSPS) is 18.9. The molecule has 2 aliphatic heterocycles. The fourth-order valence-corrected chi connectivity index (χ4v) is 6.85. The van der Waals surface area contributed by atoms with Crippen LogP contribution < -0.4 is 4.74 Å². The van der Waals surface area contributed by atoms with E-state index in [2.05, 4.69) is 31.2 Å². The third-order valence-corrected chi connectivity index (χ3v) is 8.37. The second kappa shape index (κ2) is 8.12. The summed E-state index contributed by atoms with van der Waals surface area (Å²) in [5, 5.41) is 13.1. The van der Waals surface area contributed by atoms with Gasteiger partial charge in [-0.15, -0.1) is 32.9 Å². The van der Waals surface area contributed by atoms with E-state index >= 15 is 0 Å². The highest BCUT2D eigenvalue weighted by molar-refractivity contribution is 7.21. The Hall–Kier alpha value is -2.52. The Bertz CT molecular complexity index is 1310. The van der Waals surface area contributed by atoms with E-state index in [9.17, 15) is 4.79 Å². The van der Waals surface area contributed by atoms with Gasteiger partial charge in [0.25, 0.3) is 5.91 Å². The van der Waals surface area contributed by atoms with E-state index < -0.39 is 0 Å². The number of fused-ring (bicyclic) bond motifs is 4. The first-order chi connectivity index (χ1) is 15.7. The van der Waals surface area contributed by atoms with Crippen molar-refractivity contribution in [3.63, 3.8) is 0 Å². The minimum atomic E-state index is -0.00163. The van der Waals surface area contributed by atoms with Crippen molar-refractivity contribution in [2.75, 3.05) is 13.2 Å². The molecule has 9 heteroatoms. The third kappa shape index (κ3) is 3.38. The maximum atomic E-state index is 13.2. The Labute approximate surface area is 194 Å². The van der Waals surface area contributed by atoms with Gasteiger partial charge in [0.15, 0.2) is 12.4 Å². The van der Waals surface area contributed by atoms with Crippen LogP contribution >= 0.6 is 22.7 Å². The van der Waals surface area contributed by atoms with Gasteiger partial charge >= 0.3 is 0 Å². The Balaban J connectivity index is 1.23. The number of carbonyl (C=O) groups excluding carboxylic acids is 1. The average molecular weight is 468 g/mol. The van der Waals surface area contributed by atoms with E-state index in [1.54, 1.807) is 22.7 Å². The van der Waals surface area contributed by atoms with Gasteiger partial charge in [-0.05, 0) is 44.1 Å². The molecule has 0 aliphatic carbocycles. The zero-order valence-electron chi connectivity index (χ0n) is 18.0. The van der Waals surface area contributed by atoms with Crippen LogP contribution in [0.4, 0.5) is 0 Å². The van der Waals surface area contributed by atoms with Crippen LogP contribution in [0, 0.1) is 6.92 Å². The Kier molecular flexibility index (Phi) is 5.10. The van der Waals surface area contributed by atoms with E-state index in [0.29, 0.717) is 0 Å². The van der Waals surface area contributed by atoms with Crippen LogP contribution in [0.25, 0.3) is 20.3 Å². The highest BCUT2D eigenvalue weighted by Crippen LogP contribution is 2.39. The predicted octanol–water partition coefficient (Wildman–Crippen LogP) is 4.88. The maximum Gasteiger partial charge on any atom is 0.261 e. The summed E-state index contributed by atoms with van der Waals surface area (Å²) in [5.74, 6) is 2.80. The van der Waals surface area contributed by atoms with Crippen molar-refractivity contribution in [3.8, 4) is 5.75 Å². The van der Waals surface area contributed by atoms with Crippen LogP contribution in [-0.2, 0) is 17.8 Å². The molecule has 1 saturated heterocycles. The molecule has 1 amide bonds. The molecule has 1 atom stereocenters. The first-order valence-corrected chi connectivity index (χ1v) is 13.0. The van der Waals surface area contributed by atoms with Crippen LogP contribution in [0.1, 0.15) is 54.8 Å². The molecule has 0 bridgehead atoms. The molecule has 1 unspecified atom stereocenters. The highest BCUT2D eigenvalue weighted by Gasteiger charge is 2.34. The van der Waals surface area contributed by atoms with Gasteiger partial charge in [-0.25, -0.2) is 4.98 Å². The summed E-state index contributed by atoms with van der Waals surface area (Å²) in [6, 6.07) is 4.08. The molecule has 166 valence electrons. The number of aryl methyl sites for hydroxylation is 2. The number of amides is 1. The summed E-state index contributed by atoms with van der Waals surface area (Å²) in [6.07, 6.45) is 6.44. The third-order valence-electron chi connectivity index (χ3n) is 6.53. The van der Waals surface area contributed by atoms with Gasteiger partial charge in [-0.3, -0.25) is 4.79 Å². The first-order valence-electron chi connectivity index (χ1n) is 11.3. The van der Waals surface area contributed by atoms with E-state index in [0.717, 1.165) is 81.5 Å².